The largest absolute Gasteiger partial charge is 0.390 e. The second-order valence-electron chi connectivity index (χ2n) is 3.11. The molecule has 5 heteroatoms. The Bertz CT molecular complexity index is 476. The lowest BCUT2D eigenvalue weighted by atomic mass is 10.4. The molecule has 0 unspecified atom stereocenters. The predicted octanol–water partition coefficient (Wildman–Crippen LogP) is 1.70. The third-order valence-corrected chi connectivity index (χ3v) is 2.88. The van der Waals surface area contributed by atoms with E-state index in [9.17, 15) is 0 Å². The minimum atomic E-state index is -0.192. The lowest BCUT2D eigenvalue weighted by Gasteiger charge is -2.04. The Morgan fingerprint density at radius 1 is 1.25 bits per heavy atom. The molecule has 0 atom stereocenters. The molecular formula is C11H11N3OS. The molecule has 0 aliphatic carbocycles. The van der Waals surface area contributed by atoms with E-state index in [2.05, 4.69) is 9.97 Å². The normalized spacial score (nSPS) is 10.3. The van der Waals surface area contributed by atoms with Crippen LogP contribution < -0.4 is 5.73 Å². The molecule has 0 saturated heterocycles. The van der Waals surface area contributed by atoms with Gasteiger partial charge in [0.1, 0.15) is 16.5 Å². The zero-order valence-electron chi connectivity index (χ0n) is 8.50. The first-order valence-corrected chi connectivity index (χ1v) is 5.56. The van der Waals surface area contributed by atoms with Crippen molar-refractivity contribution in [1.82, 2.24) is 9.97 Å². The molecule has 82 valence electrons. The molecule has 2 aromatic rings. The topological polar surface area (TPSA) is 72.0 Å². The first-order valence-electron chi connectivity index (χ1n) is 4.75. The number of hydrogen-bond donors (Lipinski definition) is 2. The average molecular weight is 233 g/mol. The van der Waals surface area contributed by atoms with Gasteiger partial charge in [0.25, 0.3) is 0 Å². The molecule has 1 aromatic carbocycles. The SMILES string of the molecule is Nc1ncc(Sc2ccccc2)nc1CO. The Kier molecular flexibility index (Phi) is 3.38. The second kappa shape index (κ2) is 4.96. The average Bonchev–Trinajstić information content (AvgIpc) is 2.33. The van der Waals surface area contributed by atoms with Gasteiger partial charge in [0, 0.05) is 4.90 Å². The van der Waals surface area contributed by atoms with E-state index < -0.39 is 0 Å². The first-order chi connectivity index (χ1) is 7.79. The molecule has 4 nitrogen and oxygen atoms in total. The number of aliphatic hydroxyl groups excluding tert-OH is 1. The third kappa shape index (κ3) is 2.50. The predicted molar refractivity (Wildman–Crippen MR) is 62.9 cm³/mol. The van der Waals surface area contributed by atoms with Crippen LogP contribution in [0.25, 0.3) is 0 Å². The Labute approximate surface area is 97.5 Å². The number of nitrogens with zero attached hydrogens (tertiary/aromatic N) is 2. The number of rotatable bonds is 3. The van der Waals surface area contributed by atoms with E-state index in [1.54, 1.807) is 6.20 Å². The van der Waals surface area contributed by atoms with Gasteiger partial charge in [-0.1, -0.05) is 30.0 Å². The molecule has 0 fully saturated rings. The fourth-order valence-corrected chi connectivity index (χ4v) is 1.99. The van der Waals surface area contributed by atoms with Gasteiger partial charge >= 0.3 is 0 Å². The molecule has 3 N–H and O–H groups in total. The highest BCUT2D eigenvalue weighted by molar-refractivity contribution is 7.99. The van der Waals surface area contributed by atoms with Crippen molar-refractivity contribution in [2.75, 3.05) is 5.73 Å². The van der Waals surface area contributed by atoms with Gasteiger partial charge in [-0.2, -0.15) is 0 Å². The molecule has 1 heterocycles. The molecule has 1 aromatic heterocycles. The maximum Gasteiger partial charge on any atom is 0.147 e. The van der Waals surface area contributed by atoms with Crippen LogP contribution in [0.1, 0.15) is 5.69 Å². The molecule has 0 bridgehead atoms. The summed E-state index contributed by atoms with van der Waals surface area (Å²) in [6.07, 6.45) is 1.60. The number of aliphatic hydroxyl groups is 1. The van der Waals surface area contributed by atoms with Crippen LogP contribution >= 0.6 is 11.8 Å². The van der Waals surface area contributed by atoms with Gasteiger partial charge in [0.2, 0.25) is 0 Å². The third-order valence-electron chi connectivity index (χ3n) is 1.97. The number of benzene rings is 1. The molecule has 0 aliphatic rings. The summed E-state index contributed by atoms with van der Waals surface area (Å²) in [4.78, 5) is 9.27. The molecule has 0 amide bonds. The quantitative estimate of drug-likeness (QED) is 0.844. The molecular weight excluding hydrogens is 222 g/mol. The summed E-state index contributed by atoms with van der Waals surface area (Å²) in [7, 11) is 0. The van der Waals surface area contributed by atoms with E-state index >= 15 is 0 Å². The van der Waals surface area contributed by atoms with Crippen molar-refractivity contribution in [1.29, 1.82) is 0 Å². The highest BCUT2D eigenvalue weighted by Crippen LogP contribution is 2.25. The summed E-state index contributed by atoms with van der Waals surface area (Å²) in [5.41, 5.74) is 5.97. The Hall–Kier alpha value is -1.59. The van der Waals surface area contributed by atoms with Crippen LogP contribution in [0.5, 0.6) is 0 Å². The lowest BCUT2D eigenvalue weighted by Crippen LogP contribution is -2.01. The zero-order valence-corrected chi connectivity index (χ0v) is 9.31. The Morgan fingerprint density at radius 3 is 2.69 bits per heavy atom. The van der Waals surface area contributed by atoms with Crippen LogP contribution in [-0.4, -0.2) is 15.1 Å². The van der Waals surface area contributed by atoms with E-state index in [0.29, 0.717) is 5.69 Å². The van der Waals surface area contributed by atoms with E-state index in [1.807, 2.05) is 30.3 Å². The second-order valence-corrected chi connectivity index (χ2v) is 4.21. The van der Waals surface area contributed by atoms with Crippen LogP contribution in [0.15, 0.2) is 46.5 Å². The number of anilines is 1. The Balaban J connectivity index is 2.22. The lowest BCUT2D eigenvalue weighted by molar-refractivity contribution is 0.276. The van der Waals surface area contributed by atoms with Gasteiger partial charge in [-0.05, 0) is 12.1 Å². The minimum absolute atomic E-state index is 0.192. The fourth-order valence-electron chi connectivity index (χ4n) is 1.19. The van der Waals surface area contributed by atoms with E-state index in [4.69, 9.17) is 10.8 Å². The van der Waals surface area contributed by atoms with Gasteiger partial charge in [0.05, 0.1) is 12.8 Å². The standard InChI is InChI=1S/C11H11N3OS/c12-11-9(7-15)14-10(6-13-11)16-8-4-2-1-3-5-8/h1-6,15H,7H2,(H2,12,13). The molecule has 2 rings (SSSR count). The van der Waals surface area contributed by atoms with Crippen molar-refractivity contribution in [3.05, 3.63) is 42.2 Å². The monoisotopic (exact) mass is 233 g/mol. The van der Waals surface area contributed by atoms with Crippen molar-refractivity contribution in [3.8, 4) is 0 Å². The van der Waals surface area contributed by atoms with Crippen LogP contribution in [0, 0.1) is 0 Å². The molecule has 0 aliphatic heterocycles. The van der Waals surface area contributed by atoms with Crippen LogP contribution in [0.2, 0.25) is 0 Å². The number of nitrogen functional groups attached to an aromatic ring is 1. The van der Waals surface area contributed by atoms with Crippen molar-refractivity contribution < 1.29 is 5.11 Å². The van der Waals surface area contributed by atoms with Crippen LogP contribution in [-0.2, 0) is 6.61 Å². The zero-order chi connectivity index (χ0) is 11.4. The van der Waals surface area contributed by atoms with Crippen molar-refractivity contribution in [2.24, 2.45) is 0 Å². The Morgan fingerprint density at radius 2 is 2.00 bits per heavy atom. The summed E-state index contributed by atoms with van der Waals surface area (Å²) in [6.45, 7) is -0.192. The van der Waals surface area contributed by atoms with Crippen molar-refractivity contribution in [2.45, 2.75) is 16.5 Å². The van der Waals surface area contributed by atoms with Crippen LogP contribution in [0.4, 0.5) is 5.82 Å². The maximum atomic E-state index is 9.02. The summed E-state index contributed by atoms with van der Waals surface area (Å²) >= 11 is 1.49. The van der Waals surface area contributed by atoms with Crippen molar-refractivity contribution in [3.63, 3.8) is 0 Å². The minimum Gasteiger partial charge on any atom is -0.390 e. The summed E-state index contributed by atoms with van der Waals surface area (Å²) in [5, 5.41) is 9.74. The highest BCUT2D eigenvalue weighted by Gasteiger charge is 2.04. The number of hydrogen-bond acceptors (Lipinski definition) is 5. The highest BCUT2D eigenvalue weighted by atomic mass is 32.2. The molecule has 0 spiro atoms. The van der Waals surface area contributed by atoms with Gasteiger partial charge in [-0.15, -0.1) is 0 Å². The van der Waals surface area contributed by atoms with Gasteiger partial charge in [-0.3, -0.25) is 0 Å². The van der Waals surface area contributed by atoms with Gasteiger partial charge in [-0.25, -0.2) is 9.97 Å². The number of nitrogens with two attached hydrogens (primary N) is 1. The first kappa shape index (κ1) is 10.9. The smallest absolute Gasteiger partial charge is 0.147 e. The molecule has 0 saturated carbocycles. The summed E-state index contributed by atoms with van der Waals surface area (Å²) in [5.74, 6) is 0.278. The molecule has 16 heavy (non-hydrogen) atoms. The molecule has 0 radical (unpaired) electrons. The van der Waals surface area contributed by atoms with E-state index in [-0.39, 0.29) is 12.4 Å². The maximum absolute atomic E-state index is 9.02. The summed E-state index contributed by atoms with van der Waals surface area (Å²) in [6, 6.07) is 9.85. The van der Waals surface area contributed by atoms with Crippen LogP contribution in [0.3, 0.4) is 0 Å². The van der Waals surface area contributed by atoms with E-state index in [0.717, 1.165) is 9.92 Å². The fraction of sp³-hybridized carbons (Fsp3) is 0.0909. The van der Waals surface area contributed by atoms with Crippen molar-refractivity contribution >= 4 is 17.6 Å². The van der Waals surface area contributed by atoms with E-state index in [1.165, 1.54) is 11.8 Å². The van der Waals surface area contributed by atoms with Gasteiger partial charge in [0.15, 0.2) is 0 Å². The summed E-state index contributed by atoms with van der Waals surface area (Å²) < 4.78 is 0. The van der Waals surface area contributed by atoms with Gasteiger partial charge < -0.3 is 10.8 Å². The number of aromatic nitrogens is 2.